The van der Waals surface area contributed by atoms with Gasteiger partial charge in [0.2, 0.25) is 0 Å². The highest BCUT2D eigenvalue weighted by Gasteiger charge is 2.19. The van der Waals surface area contributed by atoms with Crippen LogP contribution in [0.5, 0.6) is 0 Å². The first-order valence-electron chi connectivity index (χ1n) is 32.2. The number of ether oxygens (including phenoxy) is 3. The molecule has 6 heteroatoms. The van der Waals surface area contributed by atoms with E-state index in [0.717, 1.165) is 75.5 Å². The van der Waals surface area contributed by atoms with E-state index >= 15 is 0 Å². The minimum absolute atomic E-state index is 0.0628. The number of carbonyl (C=O) groups excluding carboxylic acids is 3. The van der Waals surface area contributed by atoms with Crippen molar-refractivity contribution in [2.45, 2.75) is 369 Å². The van der Waals surface area contributed by atoms with E-state index in [0.29, 0.717) is 19.3 Å². The Hall–Kier alpha value is -1.59. The Morgan fingerprint density at radius 1 is 0.282 bits per heavy atom. The van der Waals surface area contributed by atoms with Gasteiger partial charge in [-0.2, -0.15) is 0 Å². The molecule has 0 aromatic carbocycles. The average Bonchev–Trinajstić information content (AvgIpc) is 3.36. The van der Waals surface area contributed by atoms with E-state index in [1.54, 1.807) is 0 Å². The molecule has 0 aromatic heterocycles. The summed E-state index contributed by atoms with van der Waals surface area (Å²) in [5.41, 5.74) is 0. The molecule has 0 radical (unpaired) electrons. The summed E-state index contributed by atoms with van der Waals surface area (Å²) < 4.78 is 17.0. The molecule has 0 saturated heterocycles. The summed E-state index contributed by atoms with van der Waals surface area (Å²) in [7, 11) is 0. The van der Waals surface area contributed by atoms with Crippen molar-refractivity contribution < 1.29 is 28.6 Å². The third kappa shape index (κ3) is 56.0. The van der Waals surface area contributed by atoms with E-state index < -0.39 is 6.10 Å². The van der Waals surface area contributed by atoms with Crippen LogP contribution >= 0.6 is 0 Å². The zero-order valence-electron chi connectivity index (χ0n) is 49.0. The normalized spacial score (nSPS) is 12.9. The number of hydrogen-bond acceptors (Lipinski definition) is 6. The van der Waals surface area contributed by atoms with Crippen molar-refractivity contribution in [3.8, 4) is 0 Å². The number of hydrogen-bond donors (Lipinski definition) is 0. The minimum Gasteiger partial charge on any atom is -0.462 e. The Labute approximate surface area is 444 Å². The highest BCUT2D eigenvalue weighted by molar-refractivity contribution is 5.71. The van der Waals surface area contributed by atoms with E-state index in [-0.39, 0.29) is 31.1 Å². The van der Waals surface area contributed by atoms with Crippen molar-refractivity contribution in [3.05, 3.63) is 0 Å². The quantitative estimate of drug-likeness (QED) is 0.0343. The largest absolute Gasteiger partial charge is 0.462 e. The lowest BCUT2D eigenvalue weighted by Crippen LogP contribution is -2.30. The summed E-state index contributed by atoms with van der Waals surface area (Å²) in [6, 6.07) is 0. The molecule has 2 unspecified atom stereocenters. The summed E-state index contributed by atoms with van der Waals surface area (Å²) in [6.07, 6.45) is 60.9. The van der Waals surface area contributed by atoms with Gasteiger partial charge in [-0.05, 0) is 37.0 Å². The maximum atomic E-state index is 12.9. The van der Waals surface area contributed by atoms with Gasteiger partial charge in [-0.3, -0.25) is 14.4 Å². The van der Waals surface area contributed by atoms with Crippen molar-refractivity contribution >= 4 is 17.9 Å². The van der Waals surface area contributed by atoms with Crippen LogP contribution in [0, 0.1) is 17.8 Å². The molecule has 0 rings (SSSR count). The highest BCUT2D eigenvalue weighted by Crippen LogP contribution is 2.20. The summed E-state index contributed by atoms with van der Waals surface area (Å²) >= 11 is 0. The van der Waals surface area contributed by atoms with Crippen LogP contribution < -0.4 is 0 Å². The Balaban J connectivity index is 4.25. The van der Waals surface area contributed by atoms with Gasteiger partial charge in [-0.1, -0.05) is 324 Å². The summed E-state index contributed by atoms with van der Waals surface area (Å²) in [5.74, 6) is 1.79. The molecule has 71 heavy (non-hydrogen) atoms. The van der Waals surface area contributed by atoms with Gasteiger partial charge in [0.25, 0.3) is 0 Å². The molecule has 0 aliphatic carbocycles. The van der Waals surface area contributed by atoms with E-state index in [1.165, 1.54) is 244 Å². The predicted molar refractivity (Wildman–Crippen MR) is 307 cm³/mol. The molecule has 0 aromatic rings. The van der Waals surface area contributed by atoms with Crippen molar-refractivity contribution in [2.75, 3.05) is 13.2 Å². The van der Waals surface area contributed by atoms with Crippen LogP contribution in [0.15, 0.2) is 0 Å². The van der Waals surface area contributed by atoms with Gasteiger partial charge in [0.1, 0.15) is 13.2 Å². The van der Waals surface area contributed by atoms with Crippen LogP contribution in [0.2, 0.25) is 0 Å². The minimum atomic E-state index is -0.765. The second kappa shape index (κ2) is 56.1. The van der Waals surface area contributed by atoms with E-state index in [2.05, 4.69) is 41.5 Å². The second-order valence-corrected chi connectivity index (χ2v) is 23.4. The molecular formula is C65H126O6. The number of carbonyl (C=O) groups is 3. The lowest BCUT2D eigenvalue weighted by Gasteiger charge is -2.18. The standard InChI is InChI=1S/C65H126O6/c1-7-60(5)52-46-40-34-28-22-18-13-11-9-10-12-14-19-23-30-36-42-48-54-63(66)69-57-62(71-65(68)56-50-44-38-32-26-25-29-35-41-47-53-61(6)8-2)58-70-64(67)55-49-43-37-31-24-20-16-15-17-21-27-33-39-45-51-59(3)4/h59-62H,7-58H2,1-6H3/t60?,61?,62-/m1/s1. The van der Waals surface area contributed by atoms with Crippen molar-refractivity contribution in [3.63, 3.8) is 0 Å². The van der Waals surface area contributed by atoms with E-state index in [4.69, 9.17) is 14.2 Å². The van der Waals surface area contributed by atoms with Gasteiger partial charge in [0.05, 0.1) is 0 Å². The van der Waals surface area contributed by atoms with E-state index in [1.807, 2.05) is 0 Å². The second-order valence-electron chi connectivity index (χ2n) is 23.4. The molecule has 0 saturated carbocycles. The average molecular weight is 1000 g/mol. The van der Waals surface area contributed by atoms with Gasteiger partial charge < -0.3 is 14.2 Å². The van der Waals surface area contributed by atoms with Gasteiger partial charge in [-0.15, -0.1) is 0 Å². The fraction of sp³-hybridized carbons (Fsp3) is 0.954. The third-order valence-corrected chi connectivity index (χ3v) is 15.6. The molecule has 0 heterocycles. The molecule has 3 atom stereocenters. The molecule has 422 valence electrons. The SMILES string of the molecule is CCC(C)CCCCCCCCCCCCCCCCCCCCC(=O)OC[C@H](COC(=O)CCCCCCCCCCCCCCCCC(C)C)OC(=O)CCCCCCCCCCCCC(C)CC. The first kappa shape index (κ1) is 69.4. The topological polar surface area (TPSA) is 78.9 Å². The van der Waals surface area contributed by atoms with Gasteiger partial charge >= 0.3 is 17.9 Å². The van der Waals surface area contributed by atoms with Crippen LogP contribution in [-0.2, 0) is 28.6 Å². The fourth-order valence-corrected chi connectivity index (χ4v) is 10.00. The maximum absolute atomic E-state index is 12.9. The van der Waals surface area contributed by atoms with Gasteiger partial charge in [-0.25, -0.2) is 0 Å². The lowest BCUT2D eigenvalue weighted by molar-refractivity contribution is -0.167. The Bertz CT molecular complexity index is 1110. The zero-order valence-corrected chi connectivity index (χ0v) is 49.0. The Morgan fingerprint density at radius 2 is 0.493 bits per heavy atom. The van der Waals surface area contributed by atoms with Crippen LogP contribution in [0.4, 0.5) is 0 Å². The fourth-order valence-electron chi connectivity index (χ4n) is 10.00. The Morgan fingerprint density at radius 3 is 0.732 bits per heavy atom. The molecule has 0 bridgehead atoms. The molecule has 6 nitrogen and oxygen atoms in total. The van der Waals surface area contributed by atoms with Crippen molar-refractivity contribution in [1.29, 1.82) is 0 Å². The molecule has 0 aliphatic rings. The molecule has 0 aliphatic heterocycles. The van der Waals surface area contributed by atoms with Crippen molar-refractivity contribution in [2.24, 2.45) is 17.8 Å². The van der Waals surface area contributed by atoms with Crippen LogP contribution in [0.25, 0.3) is 0 Å². The molecule has 0 N–H and O–H groups in total. The summed E-state index contributed by atoms with van der Waals surface area (Å²) in [6.45, 7) is 13.9. The molecule has 0 fully saturated rings. The lowest BCUT2D eigenvalue weighted by atomic mass is 9.99. The zero-order chi connectivity index (χ0) is 51.9. The predicted octanol–water partition coefficient (Wildman–Crippen LogP) is 21.5. The smallest absolute Gasteiger partial charge is 0.306 e. The summed E-state index contributed by atoms with van der Waals surface area (Å²) in [4.78, 5) is 38.3. The van der Waals surface area contributed by atoms with Crippen LogP contribution in [-0.4, -0.2) is 37.2 Å². The van der Waals surface area contributed by atoms with Crippen molar-refractivity contribution in [1.82, 2.24) is 0 Å². The Kier molecular flexibility index (Phi) is 54.9. The third-order valence-electron chi connectivity index (χ3n) is 15.6. The highest BCUT2D eigenvalue weighted by atomic mass is 16.6. The summed E-state index contributed by atoms with van der Waals surface area (Å²) in [5, 5.41) is 0. The first-order valence-corrected chi connectivity index (χ1v) is 32.2. The molecule has 0 amide bonds. The molecule has 0 spiro atoms. The van der Waals surface area contributed by atoms with E-state index in [9.17, 15) is 14.4 Å². The monoisotopic (exact) mass is 1000 g/mol. The first-order chi connectivity index (χ1) is 34.7. The number of unbranched alkanes of at least 4 members (excludes halogenated alkanes) is 39. The number of esters is 3. The van der Waals surface area contributed by atoms with Crippen LogP contribution in [0.1, 0.15) is 363 Å². The maximum Gasteiger partial charge on any atom is 0.306 e. The van der Waals surface area contributed by atoms with Gasteiger partial charge in [0, 0.05) is 19.3 Å². The molecular weight excluding hydrogens is 877 g/mol. The number of rotatable bonds is 58. The van der Waals surface area contributed by atoms with Crippen LogP contribution in [0.3, 0.4) is 0 Å². The van der Waals surface area contributed by atoms with Gasteiger partial charge in [0.15, 0.2) is 6.10 Å².